The van der Waals surface area contributed by atoms with Crippen molar-refractivity contribution in [2.75, 3.05) is 18.9 Å². The molecule has 3 N–H and O–H groups in total. The second-order valence-corrected chi connectivity index (χ2v) is 6.31. The lowest BCUT2D eigenvalue weighted by Crippen LogP contribution is -2.14. The molecule has 0 aromatic heterocycles. The summed E-state index contributed by atoms with van der Waals surface area (Å²) < 4.78 is 37.1. The van der Waals surface area contributed by atoms with Crippen LogP contribution in [-0.4, -0.2) is 38.8 Å². The molecule has 0 fully saturated rings. The Labute approximate surface area is 138 Å². The van der Waals surface area contributed by atoms with Gasteiger partial charge in [0, 0.05) is 6.07 Å². The summed E-state index contributed by atoms with van der Waals surface area (Å²) in [6.45, 7) is 0. The summed E-state index contributed by atoms with van der Waals surface area (Å²) in [4.78, 5) is 10.9. The maximum Gasteiger partial charge on any atom is 0.339 e. The van der Waals surface area contributed by atoms with Crippen LogP contribution < -0.4 is 14.2 Å². The fraction of sp³-hybridized carbons (Fsp3) is 0.133. The number of para-hydroxylation sites is 1. The molecule has 0 heterocycles. The van der Waals surface area contributed by atoms with Crippen LogP contribution in [0.2, 0.25) is 0 Å². The van der Waals surface area contributed by atoms with Gasteiger partial charge in [0.25, 0.3) is 10.0 Å². The van der Waals surface area contributed by atoms with Crippen LogP contribution in [0.15, 0.2) is 41.3 Å². The summed E-state index contributed by atoms with van der Waals surface area (Å²) in [6, 6.07) is 7.68. The average Bonchev–Trinajstić information content (AvgIpc) is 2.55. The smallest absolute Gasteiger partial charge is 0.339 e. The molecule has 2 aromatic carbocycles. The molecule has 24 heavy (non-hydrogen) atoms. The fourth-order valence-corrected chi connectivity index (χ4v) is 3.07. The Morgan fingerprint density at radius 3 is 2.33 bits per heavy atom. The van der Waals surface area contributed by atoms with Gasteiger partial charge in [-0.25, -0.2) is 13.2 Å². The molecule has 0 bridgehead atoms. The molecule has 0 aliphatic heterocycles. The van der Waals surface area contributed by atoms with Crippen LogP contribution in [0, 0.1) is 0 Å². The number of phenols is 1. The zero-order chi connectivity index (χ0) is 17.9. The standard InChI is InChI=1S/C15H15NO7S/c1-22-12-7-6-9(8-13(12)23-2)24(20,21)16-11-5-3-4-10(14(11)17)15(18)19/h3-8,16-17H,1-2H3,(H,18,19). The Morgan fingerprint density at radius 2 is 1.75 bits per heavy atom. The third kappa shape index (κ3) is 3.35. The number of methoxy groups -OCH3 is 2. The van der Waals surface area contributed by atoms with E-state index in [1.807, 2.05) is 0 Å². The van der Waals surface area contributed by atoms with Crippen molar-refractivity contribution < 1.29 is 32.9 Å². The number of ether oxygens (including phenoxy) is 2. The van der Waals surface area contributed by atoms with Crippen LogP contribution in [0.25, 0.3) is 0 Å². The van der Waals surface area contributed by atoms with Crippen molar-refractivity contribution in [2.24, 2.45) is 0 Å². The zero-order valence-electron chi connectivity index (χ0n) is 12.8. The molecule has 0 atom stereocenters. The average molecular weight is 353 g/mol. The first-order valence-electron chi connectivity index (χ1n) is 6.60. The number of carbonyl (C=O) groups is 1. The van der Waals surface area contributed by atoms with Crippen molar-refractivity contribution in [1.82, 2.24) is 0 Å². The van der Waals surface area contributed by atoms with Gasteiger partial charge >= 0.3 is 5.97 Å². The molecular weight excluding hydrogens is 338 g/mol. The van der Waals surface area contributed by atoms with Gasteiger partial charge in [0.1, 0.15) is 5.56 Å². The number of aromatic hydroxyl groups is 1. The number of hydrogen-bond donors (Lipinski definition) is 3. The molecule has 0 saturated carbocycles. The van der Waals surface area contributed by atoms with Crippen LogP contribution in [0.1, 0.15) is 10.4 Å². The van der Waals surface area contributed by atoms with Crippen LogP contribution in [0.4, 0.5) is 5.69 Å². The summed E-state index contributed by atoms with van der Waals surface area (Å²) in [5, 5.41) is 18.9. The molecule has 2 aromatic rings. The van der Waals surface area contributed by atoms with Crippen LogP contribution in [0.3, 0.4) is 0 Å². The van der Waals surface area contributed by atoms with Crippen molar-refractivity contribution >= 4 is 21.7 Å². The Hall–Kier alpha value is -2.94. The number of sulfonamides is 1. The van der Waals surface area contributed by atoms with Gasteiger partial charge in [-0.1, -0.05) is 6.07 Å². The minimum atomic E-state index is -4.07. The van der Waals surface area contributed by atoms with Gasteiger partial charge in [0.15, 0.2) is 17.2 Å². The molecule has 0 radical (unpaired) electrons. The summed E-state index contributed by atoms with van der Waals surface area (Å²) in [6.07, 6.45) is 0. The molecule has 128 valence electrons. The van der Waals surface area contributed by atoms with Gasteiger partial charge < -0.3 is 19.7 Å². The highest BCUT2D eigenvalue weighted by Crippen LogP contribution is 2.32. The Bertz CT molecular complexity index is 877. The number of carboxylic acids is 1. The maximum absolute atomic E-state index is 12.4. The molecule has 9 heteroatoms. The number of anilines is 1. The van der Waals surface area contributed by atoms with Crippen molar-refractivity contribution in [3.05, 3.63) is 42.0 Å². The summed E-state index contributed by atoms with van der Waals surface area (Å²) in [5.41, 5.74) is -0.660. The largest absolute Gasteiger partial charge is 0.505 e. The van der Waals surface area contributed by atoms with Gasteiger partial charge in [-0.05, 0) is 24.3 Å². The lowest BCUT2D eigenvalue weighted by atomic mass is 10.2. The monoisotopic (exact) mass is 353 g/mol. The lowest BCUT2D eigenvalue weighted by Gasteiger charge is -2.13. The second kappa shape index (κ2) is 6.67. The maximum atomic E-state index is 12.4. The minimum absolute atomic E-state index is 0.139. The van der Waals surface area contributed by atoms with Gasteiger partial charge in [0.05, 0.1) is 24.8 Å². The third-order valence-electron chi connectivity index (χ3n) is 3.18. The lowest BCUT2D eigenvalue weighted by molar-refractivity contribution is 0.0694. The Kier molecular flexibility index (Phi) is 4.84. The number of rotatable bonds is 6. The molecule has 2 rings (SSSR count). The molecule has 0 saturated heterocycles. The van der Waals surface area contributed by atoms with E-state index in [0.717, 1.165) is 6.07 Å². The third-order valence-corrected chi connectivity index (χ3v) is 4.54. The van der Waals surface area contributed by atoms with E-state index in [1.54, 1.807) is 0 Å². The van der Waals surface area contributed by atoms with E-state index in [2.05, 4.69) is 4.72 Å². The normalized spacial score (nSPS) is 10.9. The van der Waals surface area contributed by atoms with E-state index >= 15 is 0 Å². The molecule has 0 spiro atoms. The molecule has 0 aliphatic rings. The number of aromatic carboxylic acids is 1. The Morgan fingerprint density at radius 1 is 1.08 bits per heavy atom. The van der Waals surface area contributed by atoms with E-state index in [1.165, 1.54) is 44.6 Å². The van der Waals surface area contributed by atoms with Crippen LogP contribution >= 0.6 is 0 Å². The molecular formula is C15H15NO7S. The van der Waals surface area contributed by atoms with Gasteiger partial charge in [-0.15, -0.1) is 0 Å². The van der Waals surface area contributed by atoms with Gasteiger partial charge in [0.2, 0.25) is 0 Å². The number of nitrogens with one attached hydrogen (secondary N) is 1. The van der Waals surface area contributed by atoms with E-state index in [4.69, 9.17) is 14.6 Å². The van der Waals surface area contributed by atoms with Gasteiger partial charge in [-0.3, -0.25) is 4.72 Å². The second-order valence-electron chi connectivity index (χ2n) is 4.63. The summed E-state index contributed by atoms with van der Waals surface area (Å²) >= 11 is 0. The van der Waals surface area contributed by atoms with Crippen molar-refractivity contribution in [2.45, 2.75) is 4.90 Å². The number of carboxylic acid groups (broad SMARTS) is 1. The van der Waals surface area contributed by atoms with Gasteiger partial charge in [-0.2, -0.15) is 0 Å². The van der Waals surface area contributed by atoms with Crippen LogP contribution in [-0.2, 0) is 10.0 Å². The van der Waals surface area contributed by atoms with E-state index in [9.17, 15) is 18.3 Å². The molecule has 0 aliphatic carbocycles. The first-order chi connectivity index (χ1) is 11.3. The van der Waals surface area contributed by atoms with Crippen molar-refractivity contribution in [3.8, 4) is 17.2 Å². The Balaban J connectivity index is 2.43. The van der Waals surface area contributed by atoms with E-state index in [0.29, 0.717) is 5.75 Å². The van der Waals surface area contributed by atoms with Crippen LogP contribution in [0.5, 0.6) is 17.2 Å². The SMILES string of the molecule is COc1ccc(S(=O)(=O)Nc2cccc(C(=O)O)c2O)cc1OC. The summed E-state index contributed by atoms with van der Waals surface area (Å²) in [7, 11) is -1.29. The quantitative estimate of drug-likeness (QED) is 0.678. The number of benzene rings is 2. The topological polar surface area (TPSA) is 122 Å². The van der Waals surface area contributed by atoms with E-state index in [-0.39, 0.29) is 16.3 Å². The highest BCUT2D eigenvalue weighted by molar-refractivity contribution is 7.92. The first-order valence-corrected chi connectivity index (χ1v) is 8.08. The molecule has 8 nitrogen and oxygen atoms in total. The first kappa shape index (κ1) is 17.4. The highest BCUT2D eigenvalue weighted by Gasteiger charge is 2.21. The predicted molar refractivity (Wildman–Crippen MR) is 85.4 cm³/mol. The fourth-order valence-electron chi connectivity index (χ4n) is 1.99. The highest BCUT2D eigenvalue weighted by atomic mass is 32.2. The number of hydrogen-bond acceptors (Lipinski definition) is 6. The molecule has 0 unspecified atom stereocenters. The van der Waals surface area contributed by atoms with E-state index < -0.39 is 27.3 Å². The molecule has 0 amide bonds. The van der Waals surface area contributed by atoms with Crippen molar-refractivity contribution in [1.29, 1.82) is 0 Å². The predicted octanol–water partition coefficient (Wildman–Crippen LogP) is 1.91. The summed E-state index contributed by atoms with van der Waals surface area (Å²) in [5.74, 6) is -1.48. The minimum Gasteiger partial charge on any atom is -0.505 e. The van der Waals surface area contributed by atoms with Crippen molar-refractivity contribution in [3.63, 3.8) is 0 Å². The zero-order valence-corrected chi connectivity index (χ0v) is 13.6.